The Labute approximate surface area is 64.4 Å². The molecule has 5 heavy (non-hydrogen) atoms. The maximum atomic E-state index is 8.63. The third kappa shape index (κ3) is 28.1. The van der Waals surface area contributed by atoms with E-state index in [2.05, 4.69) is 0 Å². The maximum absolute atomic E-state index is 8.63. The zero-order chi connectivity index (χ0) is 3.58. The molecule has 0 saturated heterocycles. The molecule has 0 amide bonds. The van der Waals surface area contributed by atoms with Gasteiger partial charge in [-0.3, -0.25) is 0 Å². The summed E-state index contributed by atoms with van der Waals surface area (Å²) in [7, 11) is 0. The van der Waals surface area contributed by atoms with Gasteiger partial charge in [0, 0.05) is 0 Å². The van der Waals surface area contributed by atoms with E-state index in [4.69, 9.17) is 12.6 Å². The van der Waals surface area contributed by atoms with E-state index in [1.165, 1.54) is 0 Å². The van der Waals surface area contributed by atoms with Crippen LogP contribution in [0.2, 0.25) is 0 Å². The van der Waals surface area contributed by atoms with E-state index in [1.807, 2.05) is 0 Å². The molecule has 0 aromatic heterocycles. The minimum Gasteiger partial charge on any atom is -0.372 e. The van der Waals surface area contributed by atoms with Crippen molar-refractivity contribution in [2.75, 3.05) is 0 Å². The molecule has 0 spiro atoms. The molecule has 0 heterocycles. The van der Waals surface area contributed by atoms with Crippen molar-refractivity contribution in [3.05, 3.63) is 0 Å². The first-order valence-electron chi connectivity index (χ1n) is 0.478. The molecule has 0 unspecified atom stereocenters. The molecule has 0 atom stereocenters. The van der Waals surface area contributed by atoms with Crippen LogP contribution in [0.15, 0.2) is 0 Å². The number of hydrogen-bond acceptors (Lipinski definition) is 3. The smallest absolute Gasteiger partial charge is 0.372 e. The molecule has 0 aromatic rings. The summed E-state index contributed by atoms with van der Waals surface area (Å²) >= 11 is -3.40. The average Bonchev–Trinajstić information content (AvgIpc) is 0.811. The van der Waals surface area contributed by atoms with Gasteiger partial charge in [0.2, 0.25) is 0 Å². The average molecular weight is 171 g/mol. The minimum absolute atomic E-state index is 0. The summed E-state index contributed by atoms with van der Waals surface area (Å²) in [6.07, 6.45) is 0. The van der Waals surface area contributed by atoms with Crippen LogP contribution in [0.5, 0.6) is 0 Å². The molecule has 0 aliphatic carbocycles. The van der Waals surface area contributed by atoms with Crippen LogP contribution in [0.4, 0.5) is 0 Å². The maximum Gasteiger partial charge on any atom is 0.433 e. The normalized spacial score (nSPS) is 7.20. The van der Waals surface area contributed by atoms with Crippen LogP contribution in [0.1, 0.15) is 0 Å². The molecule has 0 fully saturated rings. The van der Waals surface area contributed by atoms with Crippen molar-refractivity contribution in [1.82, 2.24) is 0 Å². The van der Waals surface area contributed by atoms with Crippen molar-refractivity contribution in [3.63, 3.8) is 0 Å². The Kier molecular flexibility index (Phi) is 11.0. The minimum atomic E-state index is -3.40. The molecule has 0 aliphatic rings. The number of hydrogen-bond donors (Lipinski definition) is 1. The van der Waals surface area contributed by atoms with E-state index in [1.54, 1.807) is 0 Å². The van der Waals surface area contributed by atoms with Crippen molar-refractivity contribution in [2.24, 2.45) is 0 Å². The topological polar surface area (TPSA) is 66.3 Å². The van der Waals surface area contributed by atoms with Gasteiger partial charge in [0.05, 0.1) is 0 Å². The second-order valence-corrected chi connectivity index (χ2v) is 1.04. The van der Waals surface area contributed by atoms with Crippen molar-refractivity contribution >= 4 is 37.7 Å². The molecule has 5 heteroatoms. The summed E-state index contributed by atoms with van der Waals surface area (Å²) in [5.41, 5.74) is 0. The van der Waals surface area contributed by atoms with Gasteiger partial charge < -0.3 is 8.40 Å². The summed E-state index contributed by atoms with van der Waals surface area (Å²) in [5, 5.41) is 0. The van der Waals surface area contributed by atoms with Gasteiger partial charge in [-0.05, 0) is 4.20 Å². The fourth-order valence-corrected chi connectivity index (χ4v) is 0. The monoisotopic (exact) mass is 170 g/mol. The molecule has 30 valence electrons. The SMILES string of the molecule is [CaH2].[O-][Br+2]([O-])O. The summed E-state index contributed by atoms with van der Waals surface area (Å²) in [5.74, 6) is 0. The summed E-state index contributed by atoms with van der Waals surface area (Å²) in [6, 6.07) is 0. The molecule has 0 rings (SSSR count). The van der Waals surface area contributed by atoms with Gasteiger partial charge in [0.25, 0.3) is 0 Å². The Morgan fingerprint density at radius 3 is 1.40 bits per heavy atom. The predicted molar refractivity (Wildman–Crippen MR) is 10.8 cm³/mol. The van der Waals surface area contributed by atoms with Gasteiger partial charge in [-0.1, -0.05) is 0 Å². The van der Waals surface area contributed by atoms with Crippen molar-refractivity contribution in [3.8, 4) is 0 Å². The van der Waals surface area contributed by atoms with E-state index >= 15 is 0 Å². The molecule has 0 aliphatic heterocycles. The molecule has 0 bridgehead atoms. The van der Waals surface area contributed by atoms with E-state index in [0.29, 0.717) is 0 Å². The molecule has 0 aromatic carbocycles. The van der Waals surface area contributed by atoms with E-state index < -0.39 is 14.8 Å². The number of halogens is 1. The summed E-state index contributed by atoms with van der Waals surface area (Å²) in [4.78, 5) is 0. The largest absolute Gasteiger partial charge is 0.433 e. The first-order valence-corrected chi connectivity index (χ1v) is 2.48. The number of rotatable bonds is 0. The molecule has 0 saturated carbocycles. The van der Waals surface area contributed by atoms with Crippen LogP contribution in [-0.2, 0) is 0 Å². The van der Waals surface area contributed by atoms with Gasteiger partial charge in [0.15, 0.2) is 0 Å². The molecular weight excluding hydrogens is 168 g/mol. The Morgan fingerprint density at radius 2 is 1.40 bits per heavy atom. The Balaban J connectivity index is 0. The molecular formula is H3BrCaO3. The standard InChI is InChI=1S/BrHO3.Ca.2H/c2-1(3)4;;;/h2H;;;. The zero-order valence-corrected chi connectivity index (χ0v) is 3.23. The third-order valence-electron chi connectivity index (χ3n) is 0. The van der Waals surface area contributed by atoms with E-state index in [9.17, 15) is 0 Å². The second kappa shape index (κ2) is 5.62. The van der Waals surface area contributed by atoms with Crippen molar-refractivity contribution < 1.29 is 27.4 Å². The van der Waals surface area contributed by atoms with Gasteiger partial charge in [-0.2, -0.15) is 0 Å². The Morgan fingerprint density at radius 1 is 1.40 bits per heavy atom. The summed E-state index contributed by atoms with van der Waals surface area (Å²) in [6.45, 7) is 0. The van der Waals surface area contributed by atoms with Crippen LogP contribution in [0.3, 0.4) is 0 Å². The fraction of sp³-hybridized carbons (Fsp3) is 0. The fourth-order valence-electron chi connectivity index (χ4n) is 0. The second-order valence-electron chi connectivity index (χ2n) is 0.201. The predicted octanol–water partition coefficient (Wildman–Crippen LogP) is -3.85. The van der Waals surface area contributed by atoms with Gasteiger partial charge >= 0.3 is 52.6 Å². The van der Waals surface area contributed by atoms with E-state index in [0.717, 1.165) is 0 Å². The van der Waals surface area contributed by atoms with Crippen molar-refractivity contribution in [2.45, 2.75) is 0 Å². The first kappa shape index (κ1) is 9.80. The molecule has 3 nitrogen and oxygen atoms in total. The Bertz CT molecular complexity index is 11.6. The van der Waals surface area contributed by atoms with Crippen LogP contribution < -0.4 is 8.40 Å². The third-order valence-corrected chi connectivity index (χ3v) is 0. The first-order chi connectivity index (χ1) is 1.73. The van der Waals surface area contributed by atoms with Crippen LogP contribution in [0.25, 0.3) is 0 Å². The van der Waals surface area contributed by atoms with E-state index in [-0.39, 0.29) is 37.7 Å². The van der Waals surface area contributed by atoms with Gasteiger partial charge in [0.1, 0.15) is 0 Å². The van der Waals surface area contributed by atoms with Gasteiger partial charge in [-0.15, -0.1) is 0 Å². The molecule has 0 radical (unpaired) electrons. The zero-order valence-electron chi connectivity index (χ0n) is 1.64. The van der Waals surface area contributed by atoms with Crippen molar-refractivity contribution in [1.29, 1.82) is 0 Å². The van der Waals surface area contributed by atoms with Crippen LogP contribution in [-0.4, -0.2) is 41.9 Å². The Hall–Kier alpha value is 1.62. The van der Waals surface area contributed by atoms with Crippen LogP contribution in [0, 0.1) is 14.8 Å². The summed E-state index contributed by atoms with van der Waals surface area (Å²) < 4.78 is 24.3. The molecule has 1 N–H and O–H groups in total. The quantitative estimate of drug-likeness (QED) is 0.379. The van der Waals surface area contributed by atoms with Gasteiger partial charge in [-0.25, -0.2) is 0 Å². The van der Waals surface area contributed by atoms with Crippen LogP contribution >= 0.6 is 0 Å².